The predicted molar refractivity (Wildman–Crippen MR) is 69.3 cm³/mol. The highest BCUT2D eigenvalue weighted by atomic mass is 16.5. The fourth-order valence-electron chi connectivity index (χ4n) is 2.43. The van der Waals surface area contributed by atoms with Crippen molar-refractivity contribution in [3.63, 3.8) is 0 Å². The molecule has 0 radical (unpaired) electrons. The van der Waals surface area contributed by atoms with Gasteiger partial charge in [0.05, 0.1) is 24.5 Å². The third-order valence-corrected chi connectivity index (χ3v) is 3.06. The van der Waals surface area contributed by atoms with Crippen LogP contribution in [-0.4, -0.2) is 41.4 Å². The Hall–Kier alpha value is -0.840. The largest absolute Gasteiger partial charge is 0.468 e. The summed E-state index contributed by atoms with van der Waals surface area (Å²) in [6, 6.07) is 3.86. The Labute approximate surface area is 109 Å². The van der Waals surface area contributed by atoms with Crippen LogP contribution in [0.3, 0.4) is 0 Å². The molecule has 1 N–H and O–H groups in total. The van der Waals surface area contributed by atoms with Crippen molar-refractivity contribution in [1.82, 2.24) is 4.90 Å². The van der Waals surface area contributed by atoms with Crippen molar-refractivity contribution in [1.29, 1.82) is 0 Å². The Morgan fingerprint density at radius 3 is 2.89 bits per heavy atom. The van der Waals surface area contributed by atoms with Crippen LogP contribution in [0.25, 0.3) is 0 Å². The molecule has 0 aliphatic carbocycles. The molecule has 1 aliphatic heterocycles. The van der Waals surface area contributed by atoms with Gasteiger partial charge in [0.1, 0.15) is 5.76 Å². The molecule has 0 saturated carbocycles. The summed E-state index contributed by atoms with van der Waals surface area (Å²) in [5.41, 5.74) is -0.703. The second-order valence-electron chi connectivity index (χ2n) is 5.70. The van der Waals surface area contributed by atoms with Gasteiger partial charge in [-0.2, -0.15) is 0 Å². The summed E-state index contributed by atoms with van der Waals surface area (Å²) >= 11 is 0. The maximum Gasteiger partial charge on any atom is 0.117 e. The van der Waals surface area contributed by atoms with E-state index in [9.17, 15) is 5.11 Å². The number of hydrogen-bond acceptors (Lipinski definition) is 4. The Morgan fingerprint density at radius 1 is 1.50 bits per heavy atom. The monoisotopic (exact) mass is 253 g/mol. The van der Waals surface area contributed by atoms with Crippen LogP contribution in [0.5, 0.6) is 0 Å². The number of nitrogens with zero attached hydrogens (tertiary/aromatic N) is 1. The molecule has 0 spiro atoms. The van der Waals surface area contributed by atoms with Crippen molar-refractivity contribution in [2.45, 2.75) is 44.9 Å². The summed E-state index contributed by atoms with van der Waals surface area (Å²) in [4.78, 5) is 2.20. The molecular formula is C14H23NO3. The van der Waals surface area contributed by atoms with Crippen LogP contribution < -0.4 is 0 Å². The summed E-state index contributed by atoms with van der Waals surface area (Å²) in [5.74, 6) is 0.928. The third kappa shape index (κ3) is 4.44. The second kappa shape index (κ2) is 5.87. The molecule has 4 nitrogen and oxygen atoms in total. The Morgan fingerprint density at radius 2 is 2.33 bits per heavy atom. The molecule has 1 unspecified atom stereocenters. The molecule has 1 saturated heterocycles. The molecule has 1 aliphatic rings. The van der Waals surface area contributed by atoms with Crippen molar-refractivity contribution in [3.05, 3.63) is 24.2 Å². The summed E-state index contributed by atoms with van der Waals surface area (Å²) < 4.78 is 11.0. The van der Waals surface area contributed by atoms with Gasteiger partial charge < -0.3 is 14.3 Å². The zero-order valence-electron chi connectivity index (χ0n) is 11.3. The lowest BCUT2D eigenvalue weighted by molar-refractivity contribution is 0.00670. The number of rotatable bonds is 6. The maximum atomic E-state index is 9.98. The SMILES string of the molecule is CC(C)(O)CN(Cc1ccco1)CC1CCCO1. The Balaban J connectivity index is 1.93. The normalized spacial score (nSPS) is 20.8. The lowest BCUT2D eigenvalue weighted by Gasteiger charge is -2.30. The lowest BCUT2D eigenvalue weighted by Crippen LogP contribution is -2.41. The van der Waals surface area contributed by atoms with E-state index < -0.39 is 5.60 Å². The van der Waals surface area contributed by atoms with Gasteiger partial charge in [-0.05, 0) is 38.8 Å². The van der Waals surface area contributed by atoms with E-state index in [1.807, 2.05) is 26.0 Å². The molecule has 0 bridgehead atoms. The van der Waals surface area contributed by atoms with Crippen LogP contribution in [-0.2, 0) is 11.3 Å². The van der Waals surface area contributed by atoms with Crippen LogP contribution in [0, 0.1) is 0 Å². The maximum absolute atomic E-state index is 9.98. The standard InChI is InChI=1S/C14H23NO3/c1-14(2,16)11-15(9-12-5-3-7-17-12)10-13-6-4-8-18-13/h3,5,7,13,16H,4,6,8-11H2,1-2H3. The van der Waals surface area contributed by atoms with Gasteiger partial charge in [-0.15, -0.1) is 0 Å². The van der Waals surface area contributed by atoms with Crippen LogP contribution in [0.4, 0.5) is 0 Å². The molecule has 0 aromatic carbocycles. The van der Waals surface area contributed by atoms with Gasteiger partial charge in [0.25, 0.3) is 0 Å². The van der Waals surface area contributed by atoms with E-state index in [4.69, 9.17) is 9.15 Å². The molecule has 18 heavy (non-hydrogen) atoms. The quantitative estimate of drug-likeness (QED) is 0.842. The molecular weight excluding hydrogens is 230 g/mol. The highest BCUT2D eigenvalue weighted by molar-refractivity contribution is 4.98. The van der Waals surface area contributed by atoms with Gasteiger partial charge in [-0.1, -0.05) is 0 Å². The van der Waals surface area contributed by atoms with E-state index in [0.29, 0.717) is 12.6 Å². The van der Waals surface area contributed by atoms with Crippen molar-refractivity contribution < 1.29 is 14.3 Å². The highest BCUT2D eigenvalue weighted by Crippen LogP contribution is 2.17. The molecule has 2 heterocycles. The first kappa shape index (κ1) is 13.6. The second-order valence-corrected chi connectivity index (χ2v) is 5.70. The molecule has 102 valence electrons. The van der Waals surface area contributed by atoms with E-state index in [-0.39, 0.29) is 0 Å². The lowest BCUT2D eigenvalue weighted by atomic mass is 10.1. The van der Waals surface area contributed by atoms with Gasteiger partial charge in [-0.3, -0.25) is 4.90 Å². The molecule has 0 amide bonds. The fraction of sp³-hybridized carbons (Fsp3) is 0.714. The topological polar surface area (TPSA) is 45.8 Å². The van der Waals surface area contributed by atoms with E-state index >= 15 is 0 Å². The zero-order chi connectivity index (χ0) is 13.0. The first-order valence-corrected chi connectivity index (χ1v) is 6.62. The van der Waals surface area contributed by atoms with Gasteiger partial charge in [-0.25, -0.2) is 0 Å². The molecule has 2 rings (SSSR count). The highest BCUT2D eigenvalue weighted by Gasteiger charge is 2.24. The Kier molecular flexibility index (Phi) is 4.43. The molecule has 1 aromatic rings. The van der Waals surface area contributed by atoms with Crippen LogP contribution >= 0.6 is 0 Å². The number of hydrogen-bond donors (Lipinski definition) is 1. The predicted octanol–water partition coefficient (Wildman–Crippen LogP) is 2.03. The van der Waals surface area contributed by atoms with E-state index in [2.05, 4.69) is 4.90 Å². The fourth-order valence-corrected chi connectivity index (χ4v) is 2.43. The minimum atomic E-state index is -0.703. The number of furan rings is 1. The van der Waals surface area contributed by atoms with Gasteiger partial charge in [0.2, 0.25) is 0 Å². The minimum absolute atomic E-state index is 0.294. The number of ether oxygens (including phenoxy) is 1. The van der Waals surface area contributed by atoms with Crippen LogP contribution in [0.1, 0.15) is 32.4 Å². The van der Waals surface area contributed by atoms with Crippen LogP contribution in [0.2, 0.25) is 0 Å². The van der Waals surface area contributed by atoms with Crippen molar-refractivity contribution in [2.75, 3.05) is 19.7 Å². The van der Waals surface area contributed by atoms with Gasteiger partial charge in [0, 0.05) is 19.7 Å². The smallest absolute Gasteiger partial charge is 0.117 e. The number of aliphatic hydroxyl groups is 1. The summed E-state index contributed by atoms with van der Waals surface area (Å²) in [6.45, 7) is 6.71. The average Bonchev–Trinajstić information content (AvgIpc) is 2.87. The van der Waals surface area contributed by atoms with Gasteiger partial charge >= 0.3 is 0 Å². The van der Waals surface area contributed by atoms with Crippen molar-refractivity contribution in [2.24, 2.45) is 0 Å². The van der Waals surface area contributed by atoms with E-state index in [1.165, 1.54) is 0 Å². The molecule has 1 fully saturated rings. The van der Waals surface area contributed by atoms with E-state index in [0.717, 1.165) is 38.3 Å². The summed E-state index contributed by atoms with van der Waals surface area (Å²) in [6.07, 6.45) is 4.23. The molecule has 1 aromatic heterocycles. The zero-order valence-corrected chi connectivity index (χ0v) is 11.3. The first-order valence-electron chi connectivity index (χ1n) is 6.62. The minimum Gasteiger partial charge on any atom is -0.468 e. The summed E-state index contributed by atoms with van der Waals surface area (Å²) in [5, 5.41) is 9.98. The van der Waals surface area contributed by atoms with Crippen molar-refractivity contribution in [3.8, 4) is 0 Å². The Bertz CT molecular complexity index is 336. The van der Waals surface area contributed by atoms with Crippen molar-refractivity contribution >= 4 is 0 Å². The average molecular weight is 253 g/mol. The molecule has 4 heteroatoms. The molecule has 1 atom stereocenters. The van der Waals surface area contributed by atoms with Crippen LogP contribution in [0.15, 0.2) is 22.8 Å². The van der Waals surface area contributed by atoms with E-state index in [1.54, 1.807) is 6.26 Å². The summed E-state index contributed by atoms with van der Waals surface area (Å²) in [7, 11) is 0. The third-order valence-electron chi connectivity index (χ3n) is 3.06. The van der Waals surface area contributed by atoms with Gasteiger partial charge in [0.15, 0.2) is 0 Å². The first-order chi connectivity index (χ1) is 8.53.